The zero-order valence-corrected chi connectivity index (χ0v) is 17.2. The topological polar surface area (TPSA) is 47.9 Å². The van der Waals surface area contributed by atoms with Crippen LogP contribution in [0.4, 0.5) is 25.8 Å². The minimum Gasteiger partial charge on any atom is -0.367 e. The highest BCUT2D eigenvalue weighted by molar-refractivity contribution is 6.12. The molecule has 0 bridgehead atoms. The molecule has 1 saturated heterocycles. The van der Waals surface area contributed by atoms with E-state index in [1.807, 2.05) is 0 Å². The first-order valence-corrected chi connectivity index (χ1v) is 10.4. The van der Waals surface area contributed by atoms with Gasteiger partial charge < -0.3 is 10.2 Å². The van der Waals surface area contributed by atoms with Gasteiger partial charge in [-0.15, -0.1) is 0 Å². The summed E-state index contributed by atoms with van der Waals surface area (Å²) in [5.74, 6) is -1.96. The molecule has 1 amide bonds. The molecule has 2 aliphatic heterocycles. The van der Waals surface area contributed by atoms with Crippen LogP contribution >= 0.6 is 0 Å². The average Bonchev–Trinajstić information content (AvgIpc) is 3.08. The highest BCUT2D eigenvalue weighted by Gasteiger charge is 2.32. The number of carbonyl (C=O) groups is 1. The van der Waals surface area contributed by atoms with Crippen LogP contribution in [-0.2, 0) is 4.79 Å². The first-order valence-electron chi connectivity index (χ1n) is 10.4. The average molecular weight is 412 g/mol. The number of hydrogen-bond donors (Lipinski definition) is 1. The minimum absolute atomic E-state index is 0.280. The quantitative estimate of drug-likeness (QED) is 0.744. The molecule has 0 radical (unpaired) electrons. The molecule has 7 heteroatoms. The standard InChI is InChI=1S/C23H26F2N4O/c1-3-15(2)28-9-11-29(12-10-28)21-8-7-16(13-19(21)25)26-14-17-22-18(24)5-4-6-20(22)27-23(17)30/h4-8,13-15,17H,3,9-12H2,1-2H3,(H,27,30). The molecule has 1 N–H and O–H groups in total. The lowest BCUT2D eigenvalue weighted by molar-refractivity contribution is -0.115. The number of benzene rings is 2. The molecule has 5 nitrogen and oxygen atoms in total. The summed E-state index contributed by atoms with van der Waals surface area (Å²) < 4.78 is 28.9. The maximum Gasteiger partial charge on any atom is 0.237 e. The lowest BCUT2D eigenvalue weighted by atomic mass is 10.0. The van der Waals surface area contributed by atoms with Crippen molar-refractivity contribution < 1.29 is 13.6 Å². The summed E-state index contributed by atoms with van der Waals surface area (Å²) in [5.41, 5.74) is 1.69. The Morgan fingerprint density at radius 3 is 2.63 bits per heavy atom. The summed E-state index contributed by atoms with van der Waals surface area (Å²) in [7, 11) is 0. The Kier molecular flexibility index (Phi) is 5.81. The monoisotopic (exact) mass is 412 g/mol. The number of hydrogen-bond acceptors (Lipinski definition) is 4. The van der Waals surface area contributed by atoms with Crippen molar-refractivity contribution in [2.45, 2.75) is 32.2 Å². The van der Waals surface area contributed by atoms with Crippen molar-refractivity contribution >= 4 is 29.2 Å². The van der Waals surface area contributed by atoms with E-state index in [2.05, 4.69) is 34.0 Å². The van der Waals surface area contributed by atoms with Crippen molar-refractivity contribution in [3.63, 3.8) is 0 Å². The van der Waals surface area contributed by atoms with Gasteiger partial charge in [-0.05, 0) is 37.6 Å². The predicted octanol–water partition coefficient (Wildman–Crippen LogP) is 4.32. The highest BCUT2D eigenvalue weighted by atomic mass is 19.1. The molecule has 2 aromatic carbocycles. The van der Waals surface area contributed by atoms with Crippen LogP contribution in [0.3, 0.4) is 0 Å². The van der Waals surface area contributed by atoms with Gasteiger partial charge in [0.05, 0.1) is 11.4 Å². The molecule has 0 aliphatic carbocycles. The van der Waals surface area contributed by atoms with Crippen LogP contribution in [0, 0.1) is 11.6 Å². The third kappa shape index (κ3) is 3.94. The van der Waals surface area contributed by atoms with Crippen LogP contribution < -0.4 is 10.2 Å². The Morgan fingerprint density at radius 2 is 1.93 bits per heavy atom. The molecule has 2 aliphatic rings. The Hall–Kier alpha value is -2.80. The number of anilines is 2. The van der Waals surface area contributed by atoms with Gasteiger partial charge in [0.2, 0.25) is 5.91 Å². The van der Waals surface area contributed by atoms with E-state index in [9.17, 15) is 13.6 Å². The van der Waals surface area contributed by atoms with Gasteiger partial charge in [0.25, 0.3) is 0 Å². The summed E-state index contributed by atoms with van der Waals surface area (Å²) in [5, 5.41) is 2.65. The van der Waals surface area contributed by atoms with Crippen molar-refractivity contribution in [1.29, 1.82) is 0 Å². The van der Waals surface area contributed by atoms with Gasteiger partial charge in [-0.2, -0.15) is 0 Å². The largest absolute Gasteiger partial charge is 0.367 e. The summed E-state index contributed by atoms with van der Waals surface area (Å²) >= 11 is 0. The number of rotatable bonds is 5. The van der Waals surface area contributed by atoms with Crippen molar-refractivity contribution in [2.75, 3.05) is 36.4 Å². The summed E-state index contributed by atoms with van der Waals surface area (Å²) in [4.78, 5) is 20.9. The van der Waals surface area contributed by atoms with E-state index in [1.165, 1.54) is 18.3 Å². The maximum absolute atomic E-state index is 14.8. The number of aliphatic imine (C=N–C) groups is 1. The van der Waals surface area contributed by atoms with Gasteiger partial charge in [0.15, 0.2) is 0 Å². The Morgan fingerprint density at radius 1 is 1.17 bits per heavy atom. The Bertz CT molecular complexity index is 970. The second-order valence-electron chi connectivity index (χ2n) is 7.86. The zero-order chi connectivity index (χ0) is 21.3. The Balaban J connectivity index is 1.47. The summed E-state index contributed by atoms with van der Waals surface area (Å²) in [6, 6.07) is 9.87. The number of nitrogens with one attached hydrogen (secondary N) is 1. The normalized spacial score (nSPS) is 20.5. The molecule has 2 atom stereocenters. The van der Waals surface area contributed by atoms with Gasteiger partial charge in [-0.25, -0.2) is 8.78 Å². The number of piperazine rings is 1. The lowest BCUT2D eigenvalue weighted by Gasteiger charge is -2.39. The lowest BCUT2D eigenvalue weighted by Crippen LogP contribution is -2.49. The van der Waals surface area contributed by atoms with E-state index in [-0.39, 0.29) is 17.3 Å². The van der Waals surface area contributed by atoms with E-state index in [4.69, 9.17) is 0 Å². The van der Waals surface area contributed by atoms with Crippen LogP contribution in [0.1, 0.15) is 31.7 Å². The van der Waals surface area contributed by atoms with Crippen molar-refractivity contribution in [3.8, 4) is 0 Å². The highest BCUT2D eigenvalue weighted by Crippen LogP contribution is 2.34. The summed E-state index contributed by atoms with van der Waals surface area (Å²) in [6.45, 7) is 7.78. The molecule has 30 heavy (non-hydrogen) atoms. The van der Waals surface area contributed by atoms with Gasteiger partial charge in [0.1, 0.15) is 17.6 Å². The molecule has 1 fully saturated rings. The number of nitrogens with zero attached hydrogens (tertiary/aromatic N) is 3. The minimum atomic E-state index is -0.822. The molecule has 0 saturated carbocycles. The third-order valence-corrected chi connectivity index (χ3v) is 6.08. The zero-order valence-electron chi connectivity index (χ0n) is 17.2. The Labute approximate surface area is 175 Å². The molecule has 2 unspecified atom stereocenters. The molecule has 158 valence electrons. The number of carbonyl (C=O) groups excluding carboxylic acids is 1. The fraction of sp³-hybridized carbons (Fsp3) is 0.391. The molecular formula is C23H26F2N4O. The summed E-state index contributed by atoms with van der Waals surface area (Å²) in [6.07, 6.45) is 2.48. The molecule has 4 rings (SSSR count). The fourth-order valence-electron chi connectivity index (χ4n) is 4.10. The van der Waals surface area contributed by atoms with E-state index in [1.54, 1.807) is 24.3 Å². The second kappa shape index (κ2) is 8.52. The molecule has 2 aromatic rings. The second-order valence-corrected chi connectivity index (χ2v) is 7.86. The van der Waals surface area contributed by atoms with Gasteiger partial charge in [-0.1, -0.05) is 13.0 Å². The van der Waals surface area contributed by atoms with Gasteiger partial charge in [-0.3, -0.25) is 14.7 Å². The van der Waals surface area contributed by atoms with E-state index < -0.39 is 11.7 Å². The van der Waals surface area contributed by atoms with Crippen LogP contribution in [0.2, 0.25) is 0 Å². The van der Waals surface area contributed by atoms with Crippen molar-refractivity contribution in [1.82, 2.24) is 4.90 Å². The van der Waals surface area contributed by atoms with E-state index in [0.717, 1.165) is 32.6 Å². The van der Waals surface area contributed by atoms with Gasteiger partial charge >= 0.3 is 0 Å². The molecule has 2 heterocycles. The molecular weight excluding hydrogens is 386 g/mol. The van der Waals surface area contributed by atoms with Crippen LogP contribution in [0.5, 0.6) is 0 Å². The van der Waals surface area contributed by atoms with Crippen LogP contribution in [0.25, 0.3) is 0 Å². The maximum atomic E-state index is 14.8. The molecule has 0 aromatic heterocycles. The third-order valence-electron chi connectivity index (χ3n) is 6.08. The van der Waals surface area contributed by atoms with E-state index in [0.29, 0.717) is 23.1 Å². The number of fused-ring (bicyclic) bond motifs is 1. The number of amides is 1. The van der Waals surface area contributed by atoms with Crippen molar-refractivity contribution in [3.05, 3.63) is 53.6 Å². The number of halogens is 2. The van der Waals surface area contributed by atoms with Crippen LogP contribution in [-0.4, -0.2) is 49.2 Å². The van der Waals surface area contributed by atoms with Gasteiger partial charge in [0, 0.05) is 55.8 Å². The van der Waals surface area contributed by atoms with Crippen molar-refractivity contribution in [2.24, 2.45) is 4.99 Å². The SMILES string of the molecule is CCC(C)N1CCN(c2ccc(N=CC3C(=O)Nc4cccc(F)c43)cc2F)CC1. The van der Waals surface area contributed by atoms with E-state index >= 15 is 0 Å². The van der Waals surface area contributed by atoms with Crippen LogP contribution in [0.15, 0.2) is 41.4 Å². The molecule has 0 spiro atoms. The fourth-order valence-corrected chi connectivity index (χ4v) is 4.10. The first kappa shape index (κ1) is 20.5. The smallest absolute Gasteiger partial charge is 0.237 e. The first-order chi connectivity index (χ1) is 14.5. The predicted molar refractivity (Wildman–Crippen MR) is 116 cm³/mol.